The lowest BCUT2D eigenvalue weighted by Crippen LogP contribution is -2.33. The average Bonchev–Trinajstić information content (AvgIpc) is 2.68. The Balaban J connectivity index is 2.33. The Morgan fingerprint density at radius 2 is 2.31 bits per heavy atom. The molecular formula is C12H16O4. The minimum atomic E-state index is -0.691. The smallest absolute Gasteiger partial charge is 0.319 e. The SMILES string of the molecule is COC(=O)[C@]12CCCC=C1O[C@H](C(C)=O)C2. The van der Waals surface area contributed by atoms with Crippen molar-refractivity contribution in [1.82, 2.24) is 0 Å². The van der Waals surface area contributed by atoms with E-state index >= 15 is 0 Å². The van der Waals surface area contributed by atoms with E-state index in [1.165, 1.54) is 14.0 Å². The number of esters is 1. The molecule has 1 aliphatic heterocycles. The molecule has 4 nitrogen and oxygen atoms in total. The van der Waals surface area contributed by atoms with Crippen molar-refractivity contribution < 1.29 is 19.1 Å². The molecule has 0 N–H and O–H groups in total. The highest BCUT2D eigenvalue weighted by Crippen LogP contribution is 2.49. The molecule has 0 amide bonds. The lowest BCUT2D eigenvalue weighted by Gasteiger charge is -2.27. The standard InChI is InChI=1S/C12H16O4/c1-8(13)9-7-12(11(14)15-2)6-4-3-5-10(12)16-9/h5,9H,3-4,6-7H2,1-2H3/t9-,12-/m0/s1. The van der Waals surface area contributed by atoms with E-state index in [0.29, 0.717) is 12.2 Å². The van der Waals surface area contributed by atoms with E-state index in [1.807, 2.05) is 6.08 Å². The van der Waals surface area contributed by atoms with Crippen molar-refractivity contribution in [2.24, 2.45) is 5.41 Å². The fraction of sp³-hybridized carbons (Fsp3) is 0.667. The summed E-state index contributed by atoms with van der Waals surface area (Å²) in [5.74, 6) is 0.339. The fourth-order valence-electron chi connectivity index (χ4n) is 2.54. The number of carbonyl (C=O) groups is 2. The van der Waals surface area contributed by atoms with Gasteiger partial charge in [-0.2, -0.15) is 0 Å². The van der Waals surface area contributed by atoms with Crippen LogP contribution in [0.25, 0.3) is 0 Å². The van der Waals surface area contributed by atoms with Gasteiger partial charge in [-0.1, -0.05) is 0 Å². The molecule has 1 heterocycles. The maximum Gasteiger partial charge on any atom is 0.319 e. The van der Waals surface area contributed by atoms with Gasteiger partial charge in [0, 0.05) is 6.42 Å². The molecular weight excluding hydrogens is 208 g/mol. The van der Waals surface area contributed by atoms with Gasteiger partial charge in [0.15, 0.2) is 11.9 Å². The summed E-state index contributed by atoms with van der Waals surface area (Å²) in [5, 5.41) is 0. The summed E-state index contributed by atoms with van der Waals surface area (Å²) in [7, 11) is 1.38. The van der Waals surface area contributed by atoms with Gasteiger partial charge in [0.05, 0.1) is 7.11 Å². The molecule has 16 heavy (non-hydrogen) atoms. The van der Waals surface area contributed by atoms with Crippen LogP contribution in [-0.2, 0) is 19.1 Å². The Morgan fingerprint density at radius 1 is 1.56 bits per heavy atom. The molecule has 0 aromatic heterocycles. The summed E-state index contributed by atoms with van der Waals surface area (Å²) in [6.45, 7) is 1.49. The number of hydrogen-bond acceptors (Lipinski definition) is 4. The minimum absolute atomic E-state index is 0.0291. The second kappa shape index (κ2) is 3.92. The summed E-state index contributed by atoms with van der Waals surface area (Å²) in [6.07, 6.45) is 4.42. The number of Topliss-reactive ketones (excluding diaryl/α,β-unsaturated/α-hetero) is 1. The zero-order valence-corrected chi connectivity index (χ0v) is 9.62. The van der Waals surface area contributed by atoms with Crippen molar-refractivity contribution in [3.63, 3.8) is 0 Å². The molecule has 1 fully saturated rings. The number of rotatable bonds is 2. The lowest BCUT2D eigenvalue weighted by atomic mass is 9.75. The van der Waals surface area contributed by atoms with Crippen molar-refractivity contribution in [1.29, 1.82) is 0 Å². The molecule has 2 rings (SSSR count). The Morgan fingerprint density at radius 3 is 2.94 bits per heavy atom. The second-order valence-electron chi connectivity index (χ2n) is 4.46. The maximum atomic E-state index is 11.9. The number of fused-ring (bicyclic) bond motifs is 1. The first kappa shape index (κ1) is 11.2. The summed E-state index contributed by atoms with van der Waals surface area (Å²) in [4.78, 5) is 23.2. The maximum absolute atomic E-state index is 11.9. The Hall–Kier alpha value is -1.32. The highest BCUT2D eigenvalue weighted by Gasteiger charge is 2.53. The van der Waals surface area contributed by atoms with Crippen LogP contribution >= 0.6 is 0 Å². The van der Waals surface area contributed by atoms with Gasteiger partial charge in [-0.15, -0.1) is 0 Å². The van der Waals surface area contributed by atoms with E-state index in [1.54, 1.807) is 0 Å². The van der Waals surface area contributed by atoms with Gasteiger partial charge in [-0.25, -0.2) is 0 Å². The molecule has 2 atom stereocenters. The molecule has 4 heteroatoms. The van der Waals surface area contributed by atoms with Gasteiger partial charge in [0.25, 0.3) is 0 Å². The summed E-state index contributed by atoms with van der Waals surface area (Å²) in [5.41, 5.74) is -0.691. The third-order valence-electron chi connectivity index (χ3n) is 3.44. The van der Waals surface area contributed by atoms with Gasteiger partial charge >= 0.3 is 5.97 Å². The number of methoxy groups -OCH3 is 1. The van der Waals surface area contributed by atoms with Crippen LogP contribution in [0.3, 0.4) is 0 Å². The second-order valence-corrected chi connectivity index (χ2v) is 4.46. The quantitative estimate of drug-likeness (QED) is 0.668. The Kier molecular flexibility index (Phi) is 2.74. The zero-order valence-electron chi connectivity index (χ0n) is 9.62. The molecule has 0 radical (unpaired) electrons. The normalized spacial score (nSPS) is 32.4. The molecule has 1 saturated heterocycles. The third kappa shape index (κ3) is 1.52. The van der Waals surface area contributed by atoms with Crippen LogP contribution < -0.4 is 0 Å². The van der Waals surface area contributed by atoms with Crippen molar-refractivity contribution in [3.8, 4) is 0 Å². The predicted molar refractivity (Wildman–Crippen MR) is 56.6 cm³/mol. The monoisotopic (exact) mass is 224 g/mol. The van der Waals surface area contributed by atoms with Crippen molar-refractivity contribution in [3.05, 3.63) is 11.8 Å². The average molecular weight is 224 g/mol. The van der Waals surface area contributed by atoms with Crippen LogP contribution in [-0.4, -0.2) is 25.0 Å². The molecule has 0 aromatic carbocycles. The largest absolute Gasteiger partial charge is 0.486 e. The van der Waals surface area contributed by atoms with Gasteiger partial charge in [0.1, 0.15) is 11.2 Å². The first-order valence-corrected chi connectivity index (χ1v) is 5.56. The minimum Gasteiger partial charge on any atom is -0.486 e. The van der Waals surface area contributed by atoms with Crippen LogP contribution in [0, 0.1) is 5.41 Å². The van der Waals surface area contributed by atoms with E-state index in [0.717, 1.165) is 19.3 Å². The van der Waals surface area contributed by atoms with Crippen molar-refractivity contribution in [2.75, 3.05) is 7.11 Å². The fourth-order valence-corrected chi connectivity index (χ4v) is 2.54. The zero-order chi connectivity index (χ0) is 11.8. The lowest BCUT2D eigenvalue weighted by molar-refractivity contribution is -0.151. The van der Waals surface area contributed by atoms with Crippen molar-refractivity contribution in [2.45, 2.75) is 38.7 Å². The van der Waals surface area contributed by atoms with Crippen LogP contribution in [0.5, 0.6) is 0 Å². The van der Waals surface area contributed by atoms with E-state index in [4.69, 9.17) is 9.47 Å². The number of allylic oxidation sites excluding steroid dienone is 1. The van der Waals surface area contributed by atoms with Crippen LogP contribution in [0.15, 0.2) is 11.8 Å². The highest BCUT2D eigenvalue weighted by molar-refractivity contribution is 5.86. The molecule has 0 spiro atoms. The summed E-state index contributed by atoms with van der Waals surface area (Å²) >= 11 is 0. The molecule has 0 unspecified atom stereocenters. The molecule has 2 aliphatic rings. The van der Waals surface area contributed by atoms with E-state index in [-0.39, 0.29) is 11.8 Å². The van der Waals surface area contributed by atoms with Gasteiger partial charge in [0.2, 0.25) is 0 Å². The first-order chi connectivity index (χ1) is 7.60. The van der Waals surface area contributed by atoms with Crippen LogP contribution in [0.4, 0.5) is 0 Å². The topological polar surface area (TPSA) is 52.6 Å². The predicted octanol–water partition coefficient (Wildman–Crippen LogP) is 1.59. The van der Waals surface area contributed by atoms with Crippen molar-refractivity contribution >= 4 is 11.8 Å². The molecule has 0 bridgehead atoms. The number of ketones is 1. The highest BCUT2D eigenvalue weighted by atomic mass is 16.5. The molecule has 0 saturated carbocycles. The number of carbonyl (C=O) groups excluding carboxylic acids is 2. The van der Waals surface area contributed by atoms with E-state index in [2.05, 4.69) is 0 Å². The van der Waals surface area contributed by atoms with Crippen LogP contribution in [0.1, 0.15) is 32.6 Å². The molecule has 1 aliphatic carbocycles. The first-order valence-electron chi connectivity index (χ1n) is 5.56. The van der Waals surface area contributed by atoms with Crippen LogP contribution in [0.2, 0.25) is 0 Å². The molecule has 88 valence electrons. The Bertz CT molecular complexity index is 358. The summed E-state index contributed by atoms with van der Waals surface area (Å²) < 4.78 is 10.4. The number of ether oxygens (including phenoxy) is 2. The van der Waals surface area contributed by atoms with E-state index in [9.17, 15) is 9.59 Å². The van der Waals surface area contributed by atoms with Gasteiger partial charge in [-0.05, 0) is 32.3 Å². The Labute approximate surface area is 94.6 Å². The molecule has 0 aromatic rings. The van der Waals surface area contributed by atoms with Gasteiger partial charge in [-0.3, -0.25) is 9.59 Å². The summed E-state index contributed by atoms with van der Waals surface area (Å²) in [6, 6.07) is 0. The number of hydrogen-bond donors (Lipinski definition) is 0. The van der Waals surface area contributed by atoms with Gasteiger partial charge < -0.3 is 9.47 Å². The van der Waals surface area contributed by atoms with E-state index < -0.39 is 11.5 Å². The third-order valence-corrected chi connectivity index (χ3v) is 3.44.